The molecule has 1 unspecified atom stereocenters. The van der Waals surface area contributed by atoms with Crippen molar-refractivity contribution in [2.24, 2.45) is 0 Å². The molecule has 2 rings (SSSR count). The fourth-order valence-electron chi connectivity index (χ4n) is 2.11. The van der Waals surface area contributed by atoms with E-state index in [1.54, 1.807) is 0 Å². The van der Waals surface area contributed by atoms with Crippen molar-refractivity contribution in [2.75, 3.05) is 12.3 Å². The van der Waals surface area contributed by atoms with E-state index < -0.39 is 36.7 Å². The molecule has 2 heterocycles. The molecule has 8 heteroatoms. The second kappa shape index (κ2) is 5.66. The second-order valence-corrected chi connectivity index (χ2v) is 4.48. The average Bonchev–Trinajstić information content (AvgIpc) is 2.51. The van der Waals surface area contributed by atoms with Crippen LogP contribution in [0.3, 0.4) is 0 Å². The molecule has 5 N–H and O–H groups in total. The maximum absolute atomic E-state index is 11.1. The standard InChI is InChI=1S/C11H17N3O5/c12-11-13-8(17)3-4-14(11)9-2-1-6(16)10(18)7(5-15)19-9/h3-4,6-7,9-10,15-16,18H,1-2,5H2,(H2,12,13,17)/t6-,7+,9?,10-/m0/s1. The number of nitrogen functional groups attached to an aromatic ring is 1. The quantitative estimate of drug-likeness (QED) is 0.500. The molecule has 0 saturated carbocycles. The van der Waals surface area contributed by atoms with Gasteiger partial charge < -0.3 is 25.8 Å². The lowest BCUT2D eigenvalue weighted by Crippen LogP contribution is -2.39. The second-order valence-electron chi connectivity index (χ2n) is 4.48. The molecule has 0 amide bonds. The van der Waals surface area contributed by atoms with Crippen molar-refractivity contribution in [3.05, 3.63) is 22.6 Å². The molecular weight excluding hydrogens is 254 g/mol. The Morgan fingerprint density at radius 2 is 2.21 bits per heavy atom. The van der Waals surface area contributed by atoms with Crippen LogP contribution in [0.4, 0.5) is 5.95 Å². The third kappa shape index (κ3) is 2.92. The van der Waals surface area contributed by atoms with E-state index >= 15 is 0 Å². The van der Waals surface area contributed by atoms with E-state index in [0.717, 1.165) is 0 Å². The minimum atomic E-state index is -1.16. The van der Waals surface area contributed by atoms with E-state index in [9.17, 15) is 20.1 Å². The largest absolute Gasteiger partial charge is 0.394 e. The topological polar surface area (TPSA) is 131 Å². The molecule has 1 aliphatic rings. The Balaban J connectivity index is 2.26. The van der Waals surface area contributed by atoms with Crippen LogP contribution in [-0.4, -0.2) is 49.8 Å². The SMILES string of the molecule is Nc1nc(=O)ccn1C1CC[C@H](O)[C@H](O)[C@@H](CO)O1. The number of nitrogens with two attached hydrogens (primary N) is 1. The molecule has 1 saturated heterocycles. The maximum Gasteiger partial charge on any atom is 0.274 e. The Hall–Kier alpha value is -1.48. The summed E-state index contributed by atoms with van der Waals surface area (Å²) in [6.07, 6.45) is -1.55. The molecule has 4 atom stereocenters. The Bertz CT molecular complexity index is 491. The van der Waals surface area contributed by atoms with Gasteiger partial charge in [-0.05, 0) is 12.8 Å². The van der Waals surface area contributed by atoms with Crippen LogP contribution in [0.2, 0.25) is 0 Å². The van der Waals surface area contributed by atoms with E-state index in [1.807, 2.05) is 0 Å². The molecule has 0 aliphatic carbocycles. The van der Waals surface area contributed by atoms with Gasteiger partial charge in [-0.1, -0.05) is 0 Å². The summed E-state index contributed by atoms with van der Waals surface area (Å²) < 4.78 is 6.97. The summed E-state index contributed by atoms with van der Waals surface area (Å²) in [5, 5.41) is 28.6. The van der Waals surface area contributed by atoms with Gasteiger partial charge in [-0.3, -0.25) is 9.36 Å². The van der Waals surface area contributed by atoms with Gasteiger partial charge in [-0.15, -0.1) is 0 Å². The van der Waals surface area contributed by atoms with Gasteiger partial charge in [0, 0.05) is 12.3 Å². The third-order valence-electron chi connectivity index (χ3n) is 3.17. The molecule has 0 bridgehead atoms. The number of ether oxygens (including phenoxy) is 1. The van der Waals surface area contributed by atoms with Crippen molar-refractivity contribution in [1.29, 1.82) is 0 Å². The van der Waals surface area contributed by atoms with Gasteiger partial charge in [0.2, 0.25) is 5.95 Å². The lowest BCUT2D eigenvalue weighted by molar-refractivity contribution is -0.128. The minimum Gasteiger partial charge on any atom is -0.394 e. The van der Waals surface area contributed by atoms with E-state index in [0.29, 0.717) is 6.42 Å². The van der Waals surface area contributed by atoms with Gasteiger partial charge >= 0.3 is 0 Å². The number of rotatable bonds is 2. The summed E-state index contributed by atoms with van der Waals surface area (Å²) >= 11 is 0. The zero-order chi connectivity index (χ0) is 14.0. The highest BCUT2D eigenvalue weighted by atomic mass is 16.5. The molecule has 0 aromatic carbocycles. The molecule has 106 valence electrons. The van der Waals surface area contributed by atoms with Crippen LogP contribution in [0, 0.1) is 0 Å². The lowest BCUT2D eigenvalue weighted by Gasteiger charge is -2.25. The zero-order valence-corrected chi connectivity index (χ0v) is 10.2. The smallest absolute Gasteiger partial charge is 0.274 e. The summed E-state index contributed by atoms with van der Waals surface area (Å²) in [5.74, 6) is -0.0138. The van der Waals surface area contributed by atoms with E-state index in [2.05, 4.69) is 4.98 Å². The third-order valence-corrected chi connectivity index (χ3v) is 3.17. The van der Waals surface area contributed by atoms with Crippen molar-refractivity contribution >= 4 is 5.95 Å². The summed E-state index contributed by atoms with van der Waals surface area (Å²) in [4.78, 5) is 14.6. The number of aliphatic hydroxyl groups excluding tert-OH is 3. The molecule has 1 fully saturated rings. The molecule has 1 aliphatic heterocycles. The Morgan fingerprint density at radius 1 is 1.47 bits per heavy atom. The van der Waals surface area contributed by atoms with Crippen LogP contribution >= 0.6 is 0 Å². The van der Waals surface area contributed by atoms with Crippen LogP contribution in [0.5, 0.6) is 0 Å². The van der Waals surface area contributed by atoms with Crippen molar-refractivity contribution in [1.82, 2.24) is 9.55 Å². The van der Waals surface area contributed by atoms with Crippen molar-refractivity contribution in [2.45, 2.75) is 37.4 Å². The van der Waals surface area contributed by atoms with Crippen molar-refractivity contribution < 1.29 is 20.1 Å². The van der Waals surface area contributed by atoms with Gasteiger partial charge in [0.15, 0.2) is 0 Å². The average molecular weight is 271 g/mol. The van der Waals surface area contributed by atoms with Crippen molar-refractivity contribution in [3.8, 4) is 0 Å². The Morgan fingerprint density at radius 3 is 2.84 bits per heavy atom. The molecule has 1 aromatic heterocycles. The van der Waals surface area contributed by atoms with Gasteiger partial charge in [0.05, 0.1) is 12.7 Å². The summed E-state index contributed by atoms with van der Waals surface area (Å²) in [6, 6.07) is 1.24. The number of hydrogen-bond donors (Lipinski definition) is 4. The van der Waals surface area contributed by atoms with Crippen molar-refractivity contribution in [3.63, 3.8) is 0 Å². The fraction of sp³-hybridized carbons (Fsp3) is 0.636. The zero-order valence-electron chi connectivity index (χ0n) is 10.2. The van der Waals surface area contributed by atoms with Gasteiger partial charge in [0.25, 0.3) is 5.56 Å². The Labute approximate surface area is 109 Å². The van der Waals surface area contributed by atoms with Gasteiger partial charge in [-0.25, -0.2) is 0 Å². The van der Waals surface area contributed by atoms with E-state index in [4.69, 9.17) is 10.5 Å². The predicted molar refractivity (Wildman–Crippen MR) is 65.2 cm³/mol. The molecule has 19 heavy (non-hydrogen) atoms. The number of aliphatic hydroxyl groups is 3. The monoisotopic (exact) mass is 271 g/mol. The molecule has 0 spiro atoms. The van der Waals surface area contributed by atoms with Gasteiger partial charge in [-0.2, -0.15) is 4.98 Å². The molecule has 1 aromatic rings. The summed E-state index contributed by atoms with van der Waals surface area (Å²) in [6.45, 7) is -0.428. The van der Waals surface area contributed by atoms with E-state index in [1.165, 1.54) is 16.8 Å². The number of anilines is 1. The predicted octanol–water partition coefficient (Wildman–Crippen LogP) is -1.78. The highest BCUT2D eigenvalue weighted by Gasteiger charge is 2.34. The first-order valence-corrected chi connectivity index (χ1v) is 6.00. The first-order valence-electron chi connectivity index (χ1n) is 6.00. The molecular formula is C11H17N3O5. The minimum absolute atomic E-state index is 0.0138. The number of nitrogens with zero attached hydrogens (tertiary/aromatic N) is 2. The van der Waals surface area contributed by atoms with Crippen LogP contribution in [0.25, 0.3) is 0 Å². The summed E-state index contributed by atoms with van der Waals surface area (Å²) in [7, 11) is 0. The van der Waals surface area contributed by atoms with E-state index in [-0.39, 0.29) is 12.4 Å². The first kappa shape index (κ1) is 13.9. The first-order chi connectivity index (χ1) is 9.02. The van der Waals surface area contributed by atoms with Crippen LogP contribution < -0.4 is 11.3 Å². The van der Waals surface area contributed by atoms with Crippen LogP contribution in [0.15, 0.2) is 17.1 Å². The highest BCUT2D eigenvalue weighted by molar-refractivity contribution is 5.16. The van der Waals surface area contributed by atoms with Crippen LogP contribution in [0.1, 0.15) is 19.1 Å². The lowest BCUT2D eigenvalue weighted by atomic mass is 10.1. The Kier molecular flexibility index (Phi) is 4.15. The number of hydrogen-bond acceptors (Lipinski definition) is 7. The molecule has 0 radical (unpaired) electrons. The number of aromatic nitrogens is 2. The fourth-order valence-corrected chi connectivity index (χ4v) is 2.11. The summed E-state index contributed by atoms with van der Waals surface area (Å²) in [5.41, 5.74) is 5.19. The highest BCUT2D eigenvalue weighted by Crippen LogP contribution is 2.27. The maximum atomic E-state index is 11.1. The molecule has 8 nitrogen and oxygen atoms in total. The van der Waals surface area contributed by atoms with Crippen LogP contribution in [-0.2, 0) is 4.74 Å². The van der Waals surface area contributed by atoms with Gasteiger partial charge in [0.1, 0.15) is 18.4 Å². The normalized spacial score (nSPS) is 31.9.